The molecular formula is C25H25BrN2O3. The van der Waals surface area contributed by atoms with Gasteiger partial charge in [-0.1, -0.05) is 45.8 Å². The molecule has 0 fully saturated rings. The number of hydrogen-bond acceptors (Lipinski definition) is 5. The van der Waals surface area contributed by atoms with Gasteiger partial charge in [-0.25, -0.2) is 0 Å². The average Bonchev–Trinajstić information content (AvgIpc) is 2.80. The lowest BCUT2D eigenvalue weighted by atomic mass is 9.93. The van der Waals surface area contributed by atoms with Crippen LogP contribution in [-0.4, -0.2) is 25.0 Å². The molecule has 1 heterocycles. The molecule has 3 aromatic rings. The second kappa shape index (κ2) is 9.12. The van der Waals surface area contributed by atoms with E-state index in [-0.39, 0.29) is 18.0 Å². The molecule has 31 heavy (non-hydrogen) atoms. The third-order valence-electron chi connectivity index (χ3n) is 5.52. The number of benzene rings is 3. The number of ether oxygens (including phenoxy) is 2. The number of nitrogens with zero attached hydrogens (tertiary/aromatic N) is 1. The van der Waals surface area contributed by atoms with Crippen LogP contribution in [0.4, 0.5) is 0 Å². The van der Waals surface area contributed by atoms with E-state index in [1.54, 1.807) is 20.3 Å². The topological polar surface area (TPSA) is 63.1 Å². The van der Waals surface area contributed by atoms with E-state index in [2.05, 4.69) is 52.4 Å². The number of hydrogen-bond donors (Lipinski definition) is 2. The third kappa shape index (κ3) is 4.60. The zero-order valence-corrected chi connectivity index (χ0v) is 19.3. The molecule has 4 rings (SSSR count). The average molecular weight is 481 g/mol. The van der Waals surface area contributed by atoms with Gasteiger partial charge in [0.15, 0.2) is 0 Å². The van der Waals surface area contributed by atoms with E-state index in [0.29, 0.717) is 6.42 Å². The van der Waals surface area contributed by atoms with Crippen LogP contribution in [0, 0.1) is 6.92 Å². The van der Waals surface area contributed by atoms with E-state index in [1.807, 2.05) is 30.3 Å². The molecule has 0 bridgehead atoms. The Morgan fingerprint density at radius 3 is 2.45 bits per heavy atom. The fourth-order valence-electron chi connectivity index (χ4n) is 3.84. The van der Waals surface area contributed by atoms with Gasteiger partial charge in [0.25, 0.3) is 0 Å². The van der Waals surface area contributed by atoms with Crippen molar-refractivity contribution in [3.05, 3.63) is 87.4 Å². The summed E-state index contributed by atoms with van der Waals surface area (Å²) in [5.41, 5.74) is 4.94. The highest BCUT2D eigenvalue weighted by atomic mass is 79.9. The molecule has 0 aliphatic carbocycles. The van der Waals surface area contributed by atoms with Crippen molar-refractivity contribution in [1.82, 2.24) is 5.32 Å². The van der Waals surface area contributed by atoms with Crippen LogP contribution in [0.25, 0.3) is 0 Å². The Morgan fingerprint density at radius 2 is 1.74 bits per heavy atom. The number of methoxy groups -OCH3 is 2. The van der Waals surface area contributed by atoms with Crippen molar-refractivity contribution in [2.75, 3.05) is 14.2 Å². The van der Waals surface area contributed by atoms with Crippen LogP contribution in [0.3, 0.4) is 0 Å². The summed E-state index contributed by atoms with van der Waals surface area (Å²) in [7, 11) is 3.29. The highest BCUT2D eigenvalue weighted by molar-refractivity contribution is 9.10. The normalized spacial score (nSPS) is 18.4. The first-order valence-corrected chi connectivity index (χ1v) is 10.9. The zero-order valence-electron chi connectivity index (χ0n) is 17.7. The van der Waals surface area contributed by atoms with Gasteiger partial charge in [-0.2, -0.15) is 0 Å². The first-order chi connectivity index (χ1) is 15.0. The maximum atomic E-state index is 10.6. The number of aliphatic imine (C=N–C) groups is 1. The minimum atomic E-state index is -0.363. The molecule has 1 aliphatic heterocycles. The van der Waals surface area contributed by atoms with Gasteiger partial charge in [-0.3, -0.25) is 10.3 Å². The third-order valence-corrected chi connectivity index (χ3v) is 6.02. The molecule has 6 heteroatoms. The number of halogens is 1. The van der Waals surface area contributed by atoms with Gasteiger partial charge in [0, 0.05) is 33.8 Å². The Balaban J connectivity index is 1.82. The second-order valence-electron chi connectivity index (χ2n) is 7.58. The number of phenols is 1. The lowest BCUT2D eigenvalue weighted by Gasteiger charge is -2.31. The van der Waals surface area contributed by atoms with Crippen LogP contribution in [0.1, 0.15) is 40.9 Å². The molecule has 0 saturated heterocycles. The summed E-state index contributed by atoms with van der Waals surface area (Å²) in [6.45, 7) is 2.07. The van der Waals surface area contributed by atoms with Crippen molar-refractivity contribution < 1.29 is 14.6 Å². The minimum Gasteiger partial charge on any atom is -0.508 e. The number of rotatable bonds is 5. The molecule has 0 spiro atoms. The predicted octanol–water partition coefficient (Wildman–Crippen LogP) is 5.70. The summed E-state index contributed by atoms with van der Waals surface area (Å²) >= 11 is 3.53. The Kier molecular flexibility index (Phi) is 6.30. The number of phenolic OH excluding ortho intramolecular Hbond substituents is 1. The fourth-order valence-corrected chi connectivity index (χ4v) is 4.22. The maximum absolute atomic E-state index is 10.6. The van der Waals surface area contributed by atoms with Crippen LogP contribution >= 0.6 is 15.9 Å². The van der Waals surface area contributed by atoms with E-state index in [9.17, 15) is 5.11 Å². The molecule has 0 aromatic heterocycles. The summed E-state index contributed by atoms with van der Waals surface area (Å²) in [6, 6.07) is 19.4. The second-order valence-corrected chi connectivity index (χ2v) is 8.49. The molecule has 3 aromatic carbocycles. The first kappa shape index (κ1) is 21.4. The molecule has 0 radical (unpaired) electrons. The smallest absolute Gasteiger partial charge is 0.130 e. The molecular weight excluding hydrogens is 456 g/mol. The first-order valence-electron chi connectivity index (χ1n) is 10.1. The van der Waals surface area contributed by atoms with Crippen molar-refractivity contribution in [3.8, 4) is 17.2 Å². The number of aromatic hydroxyl groups is 1. The van der Waals surface area contributed by atoms with E-state index in [0.717, 1.165) is 38.4 Å². The van der Waals surface area contributed by atoms with Gasteiger partial charge in [0.2, 0.25) is 0 Å². The van der Waals surface area contributed by atoms with Crippen molar-refractivity contribution >= 4 is 21.6 Å². The monoisotopic (exact) mass is 480 g/mol. The Hall–Kier alpha value is -2.83. The Morgan fingerprint density at radius 1 is 0.968 bits per heavy atom. The summed E-state index contributed by atoms with van der Waals surface area (Å²) in [5.74, 6) is 1.71. The largest absolute Gasteiger partial charge is 0.508 e. The standard InChI is InChI=1S/C25H25BrN2O3/c1-15-4-6-16(7-5-15)21-14-22(19-12-17(26)8-10-23(19)29)28-25(27-21)20-13-18(30-2)9-11-24(20)31-3/h4-13,22,25,28-29H,14H2,1-3H3/t22-,25+/m1/s1. The molecule has 0 saturated carbocycles. The highest BCUT2D eigenvalue weighted by Gasteiger charge is 2.29. The zero-order chi connectivity index (χ0) is 22.0. The van der Waals surface area contributed by atoms with Gasteiger partial charge >= 0.3 is 0 Å². The summed E-state index contributed by atoms with van der Waals surface area (Å²) < 4.78 is 12.0. The van der Waals surface area contributed by atoms with Crippen LogP contribution in [0.2, 0.25) is 0 Å². The van der Waals surface area contributed by atoms with Crippen molar-refractivity contribution in [2.24, 2.45) is 4.99 Å². The van der Waals surface area contributed by atoms with Crippen LogP contribution in [-0.2, 0) is 0 Å². The van der Waals surface area contributed by atoms with E-state index in [4.69, 9.17) is 14.5 Å². The molecule has 160 valence electrons. The Labute approximate surface area is 190 Å². The SMILES string of the molecule is COc1ccc(OC)c([C@H]2N=C(c3ccc(C)cc3)C[C@H](c3cc(Br)ccc3O)N2)c1. The van der Waals surface area contributed by atoms with Crippen molar-refractivity contribution in [2.45, 2.75) is 25.6 Å². The number of aryl methyl sites for hydroxylation is 1. The van der Waals surface area contributed by atoms with Gasteiger partial charge in [0.05, 0.1) is 14.2 Å². The molecule has 5 nitrogen and oxygen atoms in total. The fraction of sp³-hybridized carbons (Fsp3) is 0.240. The summed E-state index contributed by atoms with van der Waals surface area (Å²) in [5, 5.41) is 14.2. The molecule has 2 N–H and O–H groups in total. The predicted molar refractivity (Wildman–Crippen MR) is 126 cm³/mol. The maximum Gasteiger partial charge on any atom is 0.130 e. The molecule has 0 unspecified atom stereocenters. The van der Waals surface area contributed by atoms with E-state index >= 15 is 0 Å². The molecule has 1 aliphatic rings. The quantitative estimate of drug-likeness (QED) is 0.491. The van der Waals surface area contributed by atoms with Crippen molar-refractivity contribution in [3.63, 3.8) is 0 Å². The van der Waals surface area contributed by atoms with Crippen LogP contribution in [0.15, 0.2) is 70.1 Å². The highest BCUT2D eigenvalue weighted by Crippen LogP contribution is 2.38. The number of nitrogens with one attached hydrogen (secondary N) is 1. The summed E-state index contributed by atoms with van der Waals surface area (Å²) in [6.07, 6.45) is 0.286. The minimum absolute atomic E-state index is 0.132. The van der Waals surface area contributed by atoms with E-state index < -0.39 is 0 Å². The van der Waals surface area contributed by atoms with Gasteiger partial charge in [0.1, 0.15) is 23.4 Å². The van der Waals surface area contributed by atoms with Gasteiger partial charge in [-0.05, 0) is 48.9 Å². The summed E-state index contributed by atoms with van der Waals surface area (Å²) in [4.78, 5) is 5.04. The van der Waals surface area contributed by atoms with Gasteiger partial charge in [-0.15, -0.1) is 0 Å². The van der Waals surface area contributed by atoms with E-state index in [1.165, 1.54) is 5.56 Å². The van der Waals surface area contributed by atoms with Crippen LogP contribution in [0.5, 0.6) is 17.2 Å². The van der Waals surface area contributed by atoms with Crippen molar-refractivity contribution in [1.29, 1.82) is 0 Å². The lowest BCUT2D eigenvalue weighted by Crippen LogP contribution is -2.33. The van der Waals surface area contributed by atoms with Crippen LogP contribution < -0.4 is 14.8 Å². The molecule has 0 amide bonds. The molecule has 2 atom stereocenters. The van der Waals surface area contributed by atoms with Gasteiger partial charge < -0.3 is 14.6 Å². The Bertz CT molecular complexity index is 1110. The lowest BCUT2D eigenvalue weighted by molar-refractivity contribution is 0.374.